The molecule has 1 atom stereocenters. The van der Waals surface area contributed by atoms with Gasteiger partial charge in [0.2, 0.25) is 5.91 Å². The van der Waals surface area contributed by atoms with Crippen LogP contribution >= 0.6 is 23.8 Å². The van der Waals surface area contributed by atoms with E-state index < -0.39 is 0 Å². The van der Waals surface area contributed by atoms with E-state index in [0.29, 0.717) is 21.8 Å². The topological polar surface area (TPSA) is 59.2 Å². The van der Waals surface area contributed by atoms with Gasteiger partial charge in [0.05, 0.1) is 12.5 Å². The van der Waals surface area contributed by atoms with Gasteiger partial charge in [-0.2, -0.15) is 0 Å². The van der Waals surface area contributed by atoms with Gasteiger partial charge < -0.3 is 19.6 Å². The third kappa shape index (κ3) is 4.34. The fraction of sp³-hybridized carbons (Fsp3) is 0.545. The lowest BCUT2D eigenvalue weighted by Gasteiger charge is -2.26. The molecular weight excluding hydrogens is 425 g/mol. The Balaban J connectivity index is 1.54. The highest BCUT2D eigenvalue weighted by Crippen LogP contribution is 2.36. The van der Waals surface area contributed by atoms with Crippen LogP contribution in [0.1, 0.15) is 55.0 Å². The zero-order chi connectivity index (χ0) is 21.4. The molecule has 30 heavy (non-hydrogen) atoms. The number of imidazole rings is 1. The average molecular weight is 452 g/mol. The van der Waals surface area contributed by atoms with Crippen LogP contribution in [0.5, 0.6) is 0 Å². The molecule has 0 saturated heterocycles. The Labute approximate surface area is 185 Å². The smallest absolute Gasteiger partial charge is 0.226 e. The molecule has 2 aromatic rings. The van der Waals surface area contributed by atoms with E-state index in [9.17, 15) is 14.3 Å². The van der Waals surface area contributed by atoms with Crippen molar-refractivity contribution in [1.82, 2.24) is 14.5 Å². The predicted octanol–water partition coefficient (Wildman–Crippen LogP) is 4.04. The van der Waals surface area contributed by atoms with Gasteiger partial charge in [0.15, 0.2) is 4.77 Å². The van der Waals surface area contributed by atoms with Gasteiger partial charge >= 0.3 is 0 Å². The molecule has 0 radical (unpaired) electrons. The van der Waals surface area contributed by atoms with Gasteiger partial charge in [-0.25, -0.2) is 4.39 Å². The van der Waals surface area contributed by atoms with E-state index in [1.807, 2.05) is 11.6 Å². The van der Waals surface area contributed by atoms with Crippen LogP contribution in [-0.4, -0.2) is 32.3 Å². The van der Waals surface area contributed by atoms with Crippen molar-refractivity contribution in [2.24, 2.45) is 7.05 Å². The summed E-state index contributed by atoms with van der Waals surface area (Å²) in [4.78, 5) is 12.8. The molecule has 1 aliphatic carbocycles. The molecule has 5 nitrogen and oxygen atoms in total. The second-order valence-electron chi connectivity index (χ2n) is 8.50. The number of fused-ring (bicyclic) bond motifs is 1. The quantitative estimate of drug-likeness (QED) is 0.674. The summed E-state index contributed by atoms with van der Waals surface area (Å²) in [6.07, 6.45) is 4.44. The summed E-state index contributed by atoms with van der Waals surface area (Å²) in [5.41, 5.74) is 2.53. The monoisotopic (exact) mass is 451 g/mol. The van der Waals surface area contributed by atoms with E-state index in [4.69, 9.17) is 23.8 Å². The zero-order valence-corrected chi connectivity index (χ0v) is 18.6. The molecular formula is C22H27ClFN3O2S. The van der Waals surface area contributed by atoms with Crippen LogP contribution in [-0.2, 0) is 31.2 Å². The first-order chi connectivity index (χ1) is 14.3. The van der Waals surface area contributed by atoms with Crippen LogP contribution in [0.15, 0.2) is 18.2 Å². The third-order valence-electron chi connectivity index (χ3n) is 6.46. The highest BCUT2D eigenvalue weighted by molar-refractivity contribution is 7.71. The number of hydrogen-bond acceptors (Lipinski definition) is 3. The van der Waals surface area contributed by atoms with Crippen molar-refractivity contribution >= 4 is 29.7 Å². The Hall–Kier alpha value is -1.70. The Bertz CT molecular complexity index is 1010. The minimum atomic E-state index is -0.258. The normalized spacial score (nSPS) is 23.4. The first kappa shape index (κ1) is 21.5. The minimum absolute atomic E-state index is 0.0324. The van der Waals surface area contributed by atoms with Gasteiger partial charge in [-0.15, -0.1) is 0 Å². The SMILES string of the molecule is Cn1c(CC(=O)N[C@H]2CC[C@H](O)CC2)c2n(c1=S)CCC2Cc1cc(Cl)ccc1F. The lowest BCUT2D eigenvalue weighted by molar-refractivity contribution is -0.121. The number of carbonyl (C=O) groups is 1. The van der Waals surface area contributed by atoms with Crippen molar-refractivity contribution < 1.29 is 14.3 Å². The maximum Gasteiger partial charge on any atom is 0.226 e. The Morgan fingerprint density at radius 2 is 2.03 bits per heavy atom. The first-order valence-corrected chi connectivity index (χ1v) is 11.3. The van der Waals surface area contributed by atoms with Crippen LogP contribution in [0.25, 0.3) is 0 Å². The summed E-state index contributed by atoms with van der Waals surface area (Å²) in [6.45, 7) is 0.775. The van der Waals surface area contributed by atoms with Crippen LogP contribution in [0.2, 0.25) is 5.02 Å². The molecule has 1 aliphatic heterocycles. The number of aliphatic hydroxyl groups is 1. The summed E-state index contributed by atoms with van der Waals surface area (Å²) >= 11 is 11.7. The van der Waals surface area contributed by atoms with Crippen molar-refractivity contribution in [2.75, 3.05) is 0 Å². The number of amides is 1. The lowest BCUT2D eigenvalue weighted by atomic mass is 9.92. The molecule has 2 N–H and O–H groups in total. The summed E-state index contributed by atoms with van der Waals surface area (Å²) in [5.74, 6) is -0.199. The number of aliphatic hydroxyl groups excluding tert-OH is 1. The highest BCUT2D eigenvalue weighted by atomic mass is 35.5. The molecule has 1 aromatic carbocycles. The van der Waals surface area contributed by atoms with Crippen molar-refractivity contribution in [3.05, 3.63) is 50.8 Å². The molecule has 1 amide bonds. The largest absolute Gasteiger partial charge is 0.393 e. The number of benzene rings is 1. The van der Waals surface area contributed by atoms with Crippen LogP contribution in [0, 0.1) is 10.6 Å². The van der Waals surface area contributed by atoms with E-state index in [1.54, 1.807) is 12.1 Å². The fourth-order valence-electron chi connectivity index (χ4n) is 4.84. The maximum atomic E-state index is 14.3. The van der Waals surface area contributed by atoms with Gasteiger partial charge in [-0.1, -0.05) is 11.6 Å². The summed E-state index contributed by atoms with van der Waals surface area (Å²) < 4.78 is 19.0. The molecule has 1 aromatic heterocycles. The number of nitrogens with zero attached hydrogens (tertiary/aromatic N) is 2. The van der Waals surface area contributed by atoms with Gasteiger partial charge in [0.25, 0.3) is 0 Å². The van der Waals surface area contributed by atoms with E-state index in [-0.39, 0.29) is 36.2 Å². The molecule has 1 fully saturated rings. The van der Waals surface area contributed by atoms with Gasteiger partial charge in [0.1, 0.15) is 5.82 Å². The van der Waals surface area contributed by atoms with E-state index >= 15 is 0 Å². The highest BCUT2D eigenvalue weighted by Gasteiger charge is 2.31. The number of aromatic nitrogens is 2. The average Bonchev–Trinajstić information content (AvgIpc) is 3.22. The van der Waals surface area contributed by atoms with Crippen LogP contribution in [0.4, 0.5) is 4.39 Å². The standard InChI is InChI=1S/C22H27ClFN3O2S/c1-26-19(12-20(29)25-16-3-5-17(28)6-4-16)21-13(8-9-27(21)22(26)30)10-14-11-15(23)2-7-18(14)24/h2,7,11,13,16-17,28H,3-6,8-10,12H2,1H3,(H,25,29)/t13?,16-,17-. The minimum Gasteiger partial charge on any atom is -0.393 e. The number of rotatable bonds is 5. The second-order valence-corrected chi connectivity index (χ2v) is 9.30. The number of hydrogen-bond donors (Lipinski definition) is 2. The zero-order valence-electron chi connectivity index (χ0n) is 17.0. The lowest BCUT2D eigenvalue weighted by Crippen LogP contribution is -2.39. The maximum absolute atomic E-state index is 14.3. The van der Waals surface area contributed by atoms with Crippen molar-refractivity contribution in [3.63, 3.8) is 0 Å². The molecule has 0 spiro atoms. The van der Waals surface area contributed by atoms with Crippen LogP contribution in [0.3, 0.4) is 0 Å². The predicted molar refractivity (Wildman–Crippen MR) is 117 cm³/mol. The Morgan fingerprint density at radius 3 is 2.77 bits per heavy atom. The number of carbonyl (C=O) groups excluding carboxylic acids is 1. The van der Waals surface area contributed by atoms with Crippen molar-refractivity contribution in [1.29, 1.82) is 0 Å². The van der Waals surface area contributed by atoms with E-state index in [1.165, 1.54) is 6.07 Å². The summed E-state index contributed by atoms with van der Waals surface area (Å²) in [7, 11) is 1.89. The molecule has 1 unspecified atom stereocenters. The first-order valence-electron chi connectivity index (χ1n) is 10.5. The molecule has 2 aliphatic rings. The molecule has 162 valence electrons. The van der Waals surface area contributed by atoms with Crippen molar-refractivity contribution in [3.8, 4) is 0 Å². The molecule has 1 saturated carbocycles. The second kappa shape index (κ2) is 8.81. The molecule has 8 heteroatoms. The van der Waals surface area contributed by atoms with Gasteiger partial charge in [-0.3, -0.25) is 4.79 Å². The molecule has 2 heterocycles. The Kier molecular flexibility index (Phi) is 6.32. The number of nitrogens with one attached hydrogen (secondary N) is 1. The van der Waals surface area contributed by atoms with Crippen molar-refractivity contribution in [2.45, 2.75) is 69.6 Å². The third-order valence-corrected chi connectivity index (χ3v) is 7.19. The molecule has 4 rings (SSSR count). The molecule has 0 bridgehead atoms. The van der Waals surface area contributed by atoms with Gasteiger partial charge in [-0.05, 0) is 74.5 Å². The number of halogens is 2. The summed E-state index contributed by atoms with van der Waals surface area (Å²) in [6, 6.07) is 4.75. The fourth-order valence-corrected chi connectivity index (χ4v) is 5.34. The van der Waals surface area contributed by atoms with E-state index in [2.05, 4.69) is 9.88 Å². The summed E-state index contributed by atoms with van der Waals surface area (Å²) in [5, 5.41) is 13.3. The van der Waals surface area contributed by atoms with Gasteiger partial charge in [0, 0.05) is 42.0 Å². The van der Waals surface area contributed by atoms with Crippen LogP contribution < -0.4 is 5.32 Å². The Morgan fingerprint density at radius 1 is 1.30 bits per heavy atom. The van der Waals surface area contributed by atoms with E-state index in [0.717, 1.165) is 50.0 Å².